The van der Waals surface area contributed by atoms with Gasteiger partial charge in [-0.05, 0) is 26.0 Å². The van der Waals surface area contributed by atoms with Crippen LogP contribution in [0.25, 0.3) is 0 Å². The molecule has 0 bridgehead atoms. The van der Waals surface area contributed by atoms with E-state index < -0.39 is 0 Å². The van der Waals surface area contributed by atoms with Crippen molar-refractivity contribution in [1.29, 1.82) is 0 Å². The lowest BCUT2D eigenvalue weighted by molar-refractivity contribution is -0.121. The van der Waals surface area contributed by atoms with Gasteiger partial charge in [0.05, 0.1) is 5.56 Å². The zero-order chi connectivity index (χ0) is 16.1. The summed E-state index contributed by atoms with van der Waals surface area (Å²) in [6.07, 6.45) is 0.621. The summed E-state index contributed by atoms with van der Waals surface area (Å²) in [6.45, 7) is 3.35. The molecule has 2 aromatic rings. The monoisotopic (exact) mass is 303 g/mol. The molecule has 0 unspecified atom stereocenters. The highest BCUT2D eigenvalue weighted by molar-refractivity contribution is 5.95. The van der Waals surface area contributed by atoms with Crippen molar-refractivity contribution in [3.63, 3.8) is 0 Å². The fourth-order valence-corrected chi connectivity index (χ4v) is 2.18. The fraction of sp³-hybridized carbons (Fsp3) is 0.294. The highest BCUT2D eigenvalue weighted by Gasteiger charge is 2.12. The Morgan fingerprint density at radius 2 is 2.00 bits per heavy atom. The molecule has 0 fully saturated rings. The molecule has 116 valence electrons. The van der Waals surface area contributed by atoms with Crippen molar-refractivity contribution in [2.45, 2.75) is 33.2 Å². The second kappa shape index (κ2) is 7.02. The SMILES string of the molecule is CC(=O)c1cc(CCC(=O)NCc2ccccc2F)oc1C. The molecule has 1 aromatic heterocycles. The predicted octanol–water partition coefficient (Wildman–Crippen LogP) is 3.18. The Kier molecular flexibility index (Phi) is 5.09. The molecule has 2 rings (SSSR count). The van der Waals surface area contributed by atoms with E-state index in [-0.39, 0.29) is 30.5 Å². The number of rotatable bonds is 6. The topological polar surface area (TPSA) is 59.3 Å². The van der Waals surface area contributed by atoms with Crippen LogP contribution in [0.4, 0.5) is 4.39 Å². The first-order chi connectivity index (χ1) is 10.5. The van der Waals surface area contributed by atoms with Crippen LogP contribution in [0.1, 0.15) is 40.8 Å². The molecule has 1 aromatic carbocycles. The van der Waals surface area contributed by atoms with E-state index >= 15 is 0 Å². The van der Waals surface area contributed by atoms with Crippen LogP contribution < -0.4 is 5.32 Å². The van der Waals surface area contributed by atoms with Gasteiger partial charge in [-0.3, -0.25) is 9.59 Å². The van der Waals surface area contributed by atoms with Crippen molar-refractivity contribution in [2.75, 3.05) is 0 Å². The minimum absolute atomic E-state index is 0.0588. The summed E-state index contributed by atoms with van der Waals surface area (Å²) in [4.78, 5) is 23.1. The molecule has 0 aliphatic rings. The van der Waals surface area contributed by atoms with Crippen molar-refractivity contribution in [1.82, 2.24) is 5.32 Å². The summed E-state index contributed by atoms with van der Waals surface area (Å²) in [5.74, 6) is 0.576. The Bertz CT molecular complexity index is 691. The van der Waals surface area contributed by atoms with Gasteiger partial charge in [0.25, 0.3) is 0 Å². The van der Waals surface area contributed by atoms with Gasteiger partial charge in [-0.25, -0.2) is 4.39 Å². The zero-order valence-electron chi connectivity index (χ0n) is 12.6. The van der Waals surface area contributed by atoms with Gasteiger partial charge in [0.15, 0.2) is 5.78 Å². The standard InChI is InChI=1S/C17H18FNO3/c1-11(20)15-9-14(22-12(15)2)7-8-17(21)19-10-13-5-3-4-6-16(13)18/h3-6,9H,7-8,10H2,1-2H3,(H,19,21). The molecule has 0 saturated heterocycles. The number of halogens is 1. The van der Waals surface area contributed by atoms with E-state index in [9.17, 15) is 14.0 Å². The smallest absolute Gasteiger partial charge is 0.220 e. The highest BCUT2D eigenvalue weighted by atomic mass is 19.1. The molecule has 0 radical (unpaired) electrons. The van der Waals surface area contributed by atoms with E-state index in [4.69, 9.17) is 4.42 Å². The van der Waals surface area contributed by atoms with Gasteiger partial charge < -0.3 is 9.73 Å². The summed E-state index contributed by atoms with van der Waals surface area (Å²) in [6, 6.07) is 7.98. The third kappa shape index (κ3) is 4.04. The lowest BCUT2D eigenvalue weighted by atomic mass is 10.1. The van der Waals surface area contributed by atoms with Crippen LogP contribution in [0.15, 0.2) is 34.7 Å². The Morgan fingerprint density at radius 1 is 1.27 bits per heavy atom. The molecule has 0 saturated carbocycles. The van der Waals surface area contributed by atoms with Crippen LogP contribution in [0, 0.1) is 12.7 Å². The minimum Gasteiger partial charge on any atom is -0.466 e. The number of aryl methyl sites for hydroxylation is 2. The largest absolute Gasteiger partial charge is 0.466 e. The average Bonchev–Trinajstić information content (AvgIpc) is 2.85. The molecule has 5 heteroatoms. The van der Waals surface area contributed by atoms with E-state index in [0.717, 1.165) is 0 Å². The second-order valence-electron chi connectivity index (χ2n) is 5.11. The van der Waals surface area contributed by atoms with Crippen LogP contribution in [0.5, 0.6) is 0 Å². The molecule has 1 amide bonds. The Balaban J connectivity index is 1.84. The molecule has 1 heterocycles. The van der Waals surface area contributed by atoms with Crippen LogP contribution in [-0.2, 0) is 17.8 Å². The average molecular weight is 303 g/mol. The third-order valence-corrected chi connectivity index (χ3v) is 3.38. The molecular formula is C17H18FNO3. The van der Waals surface area contributed by atoms with E-state index in [1.807, 2.05) is 0 Å². The van der Waals surface area contributed by atoms with Gasteiger partial charge in [0, 0.05) is 24.9 Å². The molecular weight excluding hydrogens is 285 g/mol. The number of benzene rings is 1. The zero-order valence-corrected chi connectivity index (χ0v) is 12.6. The first kappa shape index (κ1) is 15.9. The summed E-state index contributed by atoms with van der Waals surface area (Å²) < 4.78 is 18.9. The normalized spacial score (nSPS) is 10.5. The maximum Gasteiger partial charge on any atom is 0.220 e. The molecule has 0 aliphatic heterocycles. The lowest BCUT2D eigenvalue weighted by Crippen LogP contribution is -2.23. The summed E-state index contributed by atoms with van der Waals surface area (Å²) in [5, 5.41) is 2.67. The fourth-order valence-electron chi connectivity index (χ4n) is 2.18. The number of hydrogen-bond acceptors (Lipinski definition) is 3. The van der Waals surface area contributed by atoms with Gasteiger partial charge in [0.2, 0.25) is 5.91 Å². The maximum atomic E-state index is 13.4. The van der Waals surface area contributed by atoms with Crippen LogP contribution in [0.3, 0.4) is 0 Å². The van der Waals surface area contributed by atoms with Crippen LogP contribution >= 0.6 is 0 Å². The summed E-state index contributed by atoms with van der Waals surface area (Å²) in [5.41, 5.74) is 0.991. The number of carbonyl (C=O) groups excluding carboxylic acids is 2. The molecule has 0 atom stereocenters. The van der Waals surface area contributed by atoms with Crippen LogP contribution in [-0.4, -0.2) is 11.7 Å². The predicted molar refractivity (Wildman–Crippen MR) is 80.0 cm³/mol. The Morgan fingerprint density at radius 3 is 2.64 bits per heavy atom. The quantitative estimate of drug-likeness (QED) is 0.834. The molecule has 0 spiro atoms. The number of Topliss-reactive ketones (excluding diaryl/α,β-unsaturated/α-hetero) is 1. The van der Waals surface area contributed by atoms with E-state index in [1.165, 1.54) is 13.0 Å². The molecule has 0 aliphatic carbocycles. The lowest BCUT2D eigenvalue weighted by Gasteiger charge is -2.05. The Hall–Kier alpha value is -2.43. The second-order valence-corrected chi connectivity index (χ2v) is 5.11. The van der Waals surface area contributed by atoms with Crippen LogP contribution in [0.2, 0.25) is 0 Å². The molecule has 22 heavy (non-hydrogen) atoms. The van der Waals surface area contributed by atoms with Gasteiger partial charge in [0.1, 0.15) is 17.3 Å². The van der Waals surface area contributed by atoms with Crippen molar-refractivity contribution >= 4 is 11.7 Å². The molecule has 4 nitrogen and oxygen atoms in total. The van der Waals surface area contributed by atoms with Crippen molar-refractivity contribution in [3.05, 3.63) is 58.8 Å². The number of carbonyl (C=O) groups is 2. The van der Waals surface area contributed by atoms with Gasteiger partial charge >= 0.3 is 0 Å². The van der Waals surface area contributed by atoms with Gasteiger partial charge in [-0.1, -0.05) is 18.2 Å². The highest BCUT2D eigenvalue weighted by Crippen LogP contribution is 2.16. The van der Waals surface area contributed by atoms with Crippen molar-refractivity contribution in [3.8, 4) is 0 Å². The number of amides is 1. The van der Waals surface area contributed by atoms with Crippen molar-refractivity contribution in [2.24, 2.45) is 0 Å². The van der Waals surface area contributed by atoms with E-state index in [0.29, 0.717) is 29.1 Å². The first-order valence-electron chi connectivity index (χ1n) is 7.07. The molecule has 1 N–H and O–H groups in total. The number of hydrogen-bond donors (Lipinski definition) is 1. The number of furan rings is 1. The summed E-state index contributed by atoms with van der Waals surface area (Å²) in [7, 11) is 0. The van der Waals surface area contributed by atoms with Gasteiger partial charge in [-0.15, -0.1) is 0 Å². The maximum absolute atomic E-state index is 13.4. The first-order valence-corrected chi connectivity index (χ1v) is 7.07. The number of ketones is 1. The Labute approximate surface area is 128 Å². The van der Waals surface area contributed by atoms with E-state index in [2.05, 4.69) is 5.32 Å². The number of nitrogens with one attached hydrogen (secondary N) is 1. The summed E-state index contributed by atoms with van der Waals surface area (Å²) >= 11 is 0. The minimum atomic E-state index is -0.337. The van der Waals surface area contributed by atoms with Crippen molar-refractivity contribution < 1.29 is 18.4 Å². The van der Waals surface area contributed by atoms with Gasteiger partial charge in [-0.2, -0.15) is 0 Å². The van der Waals surface area contributed by atoms with E-state index in [1.54, 1.807) is 31.2 Å². The third-order valence-electron chi connectivity index (χ3n) is 3.38.